The standard InChI is InChI=1S/C19H26N4O2.ClH/c1-20-10-16-4-3-9-22(12-16)19(24)17-11-21-23(14-17)13-15-5-7-18(25-2)8-6-15;/h5-8,11,14,16,20H,3-4,9-10,12-13H2,1-2H3;1H. The lowest BCUT2D eigenvalue weighted by Crippen LogP contribution is -2.42. The zero-order valence-electron chi connectivity index (χ0n) is 15.4. The molecule has 0 radical (unpaired) electrons. The largest absolute Gasteiger partial charge is 0.497 e. The van der Waals surface area contributed by atoms with Gasteiger partial charge >= 0.3 is 0 Å². The van der Waals surface area contributed by atoms with Gasteiger partial charge in [0.2, 0.25) is 0 Å². The fraction of sp³-hybridized carbons (Fsp3) is 0.474. The van der Waals surface area contributed by atoms with Crippen LogP contribution in [0.3, 0.4) is 0 Å². The third-order valence-electron chi connectivity index (χ3n) is 4.68. The molecule has 1 aromatic heterocycles. The summed E-state index contributed by atoms with van der Waals surface area (Å²) in [7, 11) is 3.62. The molecule has 1 aromatic carbocycles. The minimum absolute atomic E-state index is 0. The van der Waals surface area contributed by atoms with E-state index in [4.69, 9.17) is 4.74 Å². The number of likely N-dealkylation sites (tertiary alicyclic amines) is 1. The predicted molar refractivity (Wildman–Crippen MR) is 104 cm³/mol. The van der Waals surface area contributed by atoms with Crippen LogP contribution in [-0.4, -0.2) is 54.4 Å². The minimum Gasteiger partial charge on any atom is -0.497 e. The van der Waals surface area contributed by atoms with E-state index in [1.165, 1.54) is 6.42 Å². The highest BCUT2D eigenvalue weighted by atomic mass is 35.5. The second-order valence-corrected chi connectivity index (χ2v) is 6.59. The maximum Gasteiger partial charge on any atom is 0.257 e. The first-order chi connectivity index (χ1) is 12.2. The minimum atomic E-state index is 0. The van der Waals surface area contributed by atoms with Gasteiger partial charge in [-0.15, -0.1) is 12.4 Å². The topological polar surface area (TPSA) is 59.4 Å². The van der Waals surface area contributed by atoms with Crippen molar-refractivity contribution in [2.24, 2.45) is 5.92 Å². The van der Waals surface area contributed by atoms with Gasteiger partial charge in [0.05, 0.1) is 25.4 Å². The predicted octanol–water partition coefficient (Wildman–Crippen LogP) is 2.43. The number of benzene rings is 1. The maximum absolute atomic E-state index is 12.7. The van der Waals surface area contributed by atoms with Crippen LogP contribution in [-0.2, 0) is 6.54 Å². The van der Waals surface area contributed by atoms with E-state index in [1.54, 1.807) is 13.3 Å². The molecular weight excluding hydrogens is 352 g/mol. The summed E-state index contributed by atoms with van der Waals surface area (Å²) in [6.45, 7) is 3.26. The molecular formula is C19H27ClN4O2. The van der Waals surface area contributed by atoms with Crippen molar-refractivity contribution in [1.29, 1.82) is 0 Å². The summed E-state index contributed by atoms with van der Waals surface area (Å²) >= 11 is 0. The average Bonchev–Trinajstić information content (AvgIpc) is 3.11. The third-order valence-corrected chi connectivity index (χ3v) is 4.68. The molecule has 1 aliphatic heterocycles. The Morgan fingerprint density at radius 3 is 2.81 bits per heavy atom. The van der Waals surface area contributed by atoms with Gasteiger partial charge in [-0.2, -0.15) is 5.10 Å². The van der Waals surface area contributed by atoms with Gasteiger partial charge in [0, 0.05) is 19.3 Å². The fourth-order valence-electron chi connectivity index (χ4n) is 3.37. The van der Waals surface area contributed by atoms with Gasteiger partial charge in [-0.25, -0.2) is 0 Å². The fourth-order valence-corrected chi connectivity index (χ4v) is 3.37. The molecule has 2 aromatic rings. The number of amides is 1. The molecule has 1 N–H and O–H groups in total. The summed E-state index contributed by atoms with van der Waals surface area (Å²) in [5, 5.41) is 7.56. The second kappa shape index (κ2) is 9.59. The number of piperidine rings is 1. The van der Waals surface area contributed by atoms with E-state index in [9.17, 15) is 4.79 Å². The molecule has 0 saturated carbocycles. The number of nitrogens with zero attached hydrogens (tertiary/aromatic N) is 3. The normalized spacial score (nSPS) is 16.8. The van der Waals surface area contributed by atoms with Crippen LogP contribution in [0, 0.1) is 5.92 Å². The van der Waals surface area contributed by atoms with Crippen LogP contribution in [0.2, 0.25) is 0 Å². The zero-order valence-corrected chi connectivity index (χ0v) is 16.2. The zero-order chi connectivity index (χ0) is 17.6. The summed E-state index contributed by atoms with van der Waals surface area (Å²) in [5.41, 5.74) is 1.79. The van der Waals surface area contributed by atoms with Crippen molar-refractivity contribution >= 4 is 18.3 Å². The van der Waals surface area contributed by atoms with Gasteiger partial charge in [0.25, 0.3) is 5.91 Å². The van der Waals surface area contributed by atoms with Crippen molar-refractivity contribution < 1.29 is 9.53 Å². The van der Waals surface area contributed by atoms with E-state index in [0.717, 1.165) is 37.4 Å². The Bertz CT molecular complexity index is 700. The van der Waals surface area contributed by atoms with Crippen molar-refractivity contribution in [1.82, 2.24) is 20.0 Å². The highest BCUT2D eigenvalue weighted by Gasteiger charge is 2.24. The van der Waals surface area contributed by atoms with Gasteiger partial charge in [-0.3, -0.25) is 9.48 Å². The van der Waals surface area contributed by atoms with Crippen LogP contribution < -0.4 is 10.1 Å². The number of carbonyl (C=O) groups excluding carboxylic acids is 1. The number of rotatable bonds is 6. The van der Waals surface area contributed by atoms with Crippen molar-refractivity contribution in [3.05, 3.63) is 47.8 Å². The molecule has 0 bridgehead atoms. The molecule has 6 nitrogen and oxygen atoms in total. The molecule has 1 amide bonds. The Morgan fingerprint density at radius 1 is 1.35 bits per heavy atom. The van der Waals surface area contributed by atoms with Crippen molar-refractivity contribution in [3.8, 4) is 5.75 Å². The molecule has 1 aliphatic rings. The molecule has 142 valence electrons. The monoisotopic (exact) mass is 378 g/mol. The molecule has 2 heterocycles. The molecule has 1 fully saturated rings. The first-order valence-electron chi connectivity index (χ1n) is 8.79. The van der Waals surface area contributed by atoms with Gasteiger partial charge < -0.3 is 15.0 Å². The van der Waals surface area contributed by atoms with E-state index < -0.39 is 0 Å². The van der Waals surface area contributed by atoms with Crippen LogP contribution in [0.15, 0.2) is 36.7 Å². The Labute approximate surface area is 160 Å². The number of halogens is 1. The lowest BCUT2D eigenvalue weighted by molar-refractivity contribution is 0.0674. The summed E-state index contributed by atoms with van der Waals surface area (Å²) in [6, 6.07) is 7.88. The molecule has 1 atom stereocenters. The lowest BCUT2D eigenvalue weighted by atomic mass is 9.97. The summed E-state index contributed by atoms with van der Waals surface area (Å²) < 4.78 is 6.98. The Hall–Kier alpha value is -2.05. The SMILES string of the molecule is CNCC1CCCN(C(=O)c2cnn(Cc3ccc(OC)cc3)c2)C1.Cl. The van der Waals surface area contributed by atoms with Gasteiger partial charge in [-0.1, -0.05) is 12.1 Å². The van der Waals surface area contributed by atoms with Gasteiger partial charge in [-0.05, 0) is 50.0 Å². The molecule has 1 unspecified atom stereocenters. The number of carbonyl (C=O) groups is 1. The highest BCUT2D eigenvalue weighted by molar-refractivity contribution is 5.93. The van der Waals surface area contributed by atoms with Gasteiger partial charge in [0.1, 0.15) is 5.75 Å². The highest BCUT2D eigenvalue weighted by Crippen LogP contribution is 2.18. The summed E-state index contributed by atoms with van der Waals surface area (Å²) in [6.07, 6.45) is 5.77. The van der Waals surface area contributed by atoms with E-state index >= 15 is 0 Å². The smallest absolute Gasteiger partial charge is 0.257 e. The maximum atomic E-state index is 12.7. The molecule has 0 spiro atoms. The first-order valence-corrected chi connectivity index (χ1v) is 8.79. The molecule has 1 saturated heterocycles. The van der Waals surface area contributed by atoms with Crippen LogP contribution in [0.25, 0.3) is 0 Å². The Morgan fingerprint density at radius 2 is 2.12 bits per heavy atom. The van der Waals surface area contributed by atoms with E-state index in [1.807, 2.05) is 47.1 Å². The van der Waals surface area contributed by atoms with Crippen LogP contribution >= 0.6 is 12.4 Å². The number of aromatic nitrogens is 2. The second-order valence-electron chi connectivity index (χ2n) is 6.59. The lowest BCUT2D eigenvalue weighted by Gasteiger charge is -2.32. The van der Waals surface area contributed by atoms with Crippen molar-refractivity contribution in [3.63, 3.8) is 0 Å². The van der Waals surface area contributed by atoms with Crippen LogP contribution in [0.1, 0.15) is 28.8 Å². The van der Waals surface area contributed by atoms with E-state index in [0.29, 0.717) is 18.0 Å². The van der Waals surface area contributed by atoms with Crippen molar-refractivity contribution in [2.45, 2.75) is 19.4 Å². The van der Waals surface area contributed by atoms with E-state index in [2.05, 4.69) is 10.4 Å². The van der Waals surface area contributed by atoms with Gasteiger partial charge in [0.15, 0.2) is 0 Å². The van der Waals surface area contributed by atoms with Crippen molar-refractivity contribution in [2.75, 3.05) is 33.8 Å². The number of ether oxygens (including phenoxy) is 1. The Balaban J connectivity index is 0.00000243. The number of methoxy groups -OCH3 is 1. The number of hydrogen-bond donors (Lipinski definition) is 1. The Kier molecular flexibility index (Phi) is 7.48. The number of nitrogens with one attached hydrogen (secondary N) is 1. The van der Waals surface area contributed by atoms with Crippen LogP contribution in [0.4, 0.5) is 0 Å². The first kappa shape index (κ1) is 20.3. The summed E-state index contributed by atoms with van der Waals surface area (Å²) in [4.78, 5) is 14.7. The van der Waals surface area contributed by atoms with Crippen LogP contribution in [0.5, 0.6) is 5.75 Å². The molecule has 3 rings (SSSR count). The molecule has 7 heteroatoms. The average molecular weight is 379 g/mol. The van der Waals surface area contributed by atoms with E-state index in [-0.39, 0.29) is 18.3 Å². The quantitative estimate of drug-likeness (QED) is 0.838. The third kappa shape index (κ3) is 4.99. The summed E-state index contributed by atoms with van der Waals surface area (Å²) in [5.74, 6) is 1.46. The molecule has 0 aliphatic carbocycles. The number of hydrogen-bond acceptors (Lipinski definition) is 4. The molecule has 26 heavy (non-hydrogen) atoms.